The van der Waals surface area contributed by atoms with Gasteiger partial charge in [0.05, 0.1) is 11.4 Å². The predicted molar refractivity (Wildman–Crippen MR) is 97.9 cm³/mol. The summed E-state index contributed by atoms with van der Waals surface area (Å²) in [5.74, 6) is 2.79. The first-order valence-corrected chi connectivity index (χ1v) is 9.53. The molecule has 4 N–H and O–H groups in total. The number of anilines is 2. The first kappa shape index (κ1) is 15.9. The van der Waals surface area contributed by atoms with Crippen LogP contribution in [0.25, 0.3) is 0 Å². The third-order valence-electron chi connectivity index (χ3n) is 6.25. The van der Waals surface area contributed by atoms with Gasteiger partial charge in [-0.1, -0.05) is 12.1 Å². The molecule has 0 unspecified atom stereocenters. The van der Waals surface area contributed by atoms with E-state index in [1.807, 2.05) is 12.1 Å². The summed E-state index contributed by atoms with van der Waals surface area (Å²) in [7, 11) is 0. The first-order valence-electron chi connectivity index (χ1n) is 9.53. The van der Waals surface area contributed by atoms with Gasteiger partial charge >= 0.3 is 0 Å². The van der Waals surface area contributed by atoms with Crippen LogP contribution in [-0.2, 0) is 4.79 Å². The van der Waals surface area contributed by atoms with Crippen molar-refractivity contribution in [3.8, 4) is 0 Å². The lowest BCUT2D eigenvalue weighted by molar-refractivity contribution is -0.116. The van der Waals surface area contributed by atoms with Crippen LogP contribution in [0.4, 0.5) is 11.4 Å². The van der Waals surface area contributed by atoms with Crippen LogP contribution in [0.15, 0.2) is 24.3 Å². The Morgan fingerprint density at radius 3 is 2.21 bits per heavy atom. The Balaban J connectivity index is 1.50. The summed E-state index contributed by atoms with van der Waals surface area (Å²) in [5.41, 5.74) is 7.76. The van der Waals surface area contributed by atoms with Crippen molar-refractivity contribution in [1.29, 1.82) is 0 Å². The molecule has 1 aromatic carbocycles. The highest BCUT2D eigenvalue weighted by Gasteiger charge is 2.51. The standard InChI is InChI=1S/C20H29N3O/c21-7-3-6-19(24)22-17-4-1-2-5-18(17)23-20-11-14-8-15(12-20)10-16(9-14)13-20/h1-2,4-5,14-16,23H,3,6-13,21H2,(H,22,24). The number of carbonyl (C=O) groups excluding carboxylic acids is 1. The van der Waals surface area contributed by atoms with Crippen molar-refractivity contribution in [2.45, 2.75) is 56.9 Å². The normalized spacial score (nSPS) is 33.5. The van der Waals surface area contributed by atoms with Crippen LogP contribution in [0.5, 0.6) is 0 Å². The SMILES string of the molecule is NCCCC(=O)Nc1ccccc1NC12CC3CC(CC(C3)C1)C2. The van der Waals surface area contributed by atoms with Gasteiger partial charge in [-0.2, -0.15) is 0 Å². The van der Waals surface area contributed by atoms with Gasteiger partial charge in [-0.05, 0) is 81.4 Å². The molecular weight excluding hydrogens is 298 g/mol. The summed E-state index contributed by atoms with van der Waals surface area (Å²) in [4.78, 5) is 12.1. The molecule has 1 aromatic rings. The molecule has 4 saturated carbocycles. The van der Waals surface area contributed by atoms with E-state index in [1.165, 1.54) is 38.5 Å². The molecule has 0 spiro atoms. The highest BCUT2D eigenvalue weighted by Crippen LogP contribution is 2.56. The van der Waals surface area contributed by atoms with Gasteiger partial charge in [-0.15, -0.1) is 0 Å². The Bertz CT molecular complexity index is 577. The van der Waals surface area contributed by atoms with Gasteiger partial charge < -0.3 is 16.4 Å². The summed E-state index contributed by atoms with van der Waals surface area (Å²) >= 11 is 0. The van der Waals surface area contributed by atoms with E-state index in [0.29, 0.717) is 13.0 Å². The molecule has 4 aliphatic carbocycles. The predicted octanol–water partition coefficient (Wildman–Crippen LogP) is 3.74. The van der Waals surface area contributed by atoms with E-state index in [4.69, 9.17) is 5.73 Å². The highest BCUT2D eigenvalue weighted by atomic mass is 16.1. The molecule has 0 saturated heterocycles. The van der Waals surface area contributed by atoms with Gasteiger partial charge in [0.25, 0.3) is 0 Å². The lowest BCUT2D eigenvalue weighted by Crippen LogP contribution is -2.54. The molecule has 4 aliphatic rings. The van der Waals surface area contributed by atoms with Gasteiger partial charge in [-0.3, -0.25) is 4.79 Å². The first-order chi connectivity index (χ1) is 11.7. The maximum atomic E-state index is 12.1. The highest BCUT2D eigenvalue weighted by molar-refractivity contribution is 5.94. The molecule has 0 aromatic heterocycles. The minimum absolute atomic E-state index is 0.0558. The van der Waals surface area contributed by atoms with E-state index in [0.717, 1.165) is 35.5 Å². The average Bonchev–Trinajstić information content (AvgIpc) is 2.53. The minimum atomic E-state index is 0.0558. The van der Waals surface area contributed by atoms with E-state index in [-0.39, 0.29) is 11.4 Å². The van der Waals surface area contributed by atoms with Crippen LogP contribution in [0.2, 0.25) is 0 Å². The molecule has 1 amide bonds. The number of benzene rings is 1. The van der Waals surface area contributed by atoms with Gasteiger partial charge in [-0.25, -0.2) is 0 Å². The van der Waals surface area contributed by atoms with Crippen molar-refractivity contribution < 1.29 is 4.79 Å². The molecule has 4 heteroatoms. The third kappa shape index (κ3) is 3.16. The number of nitrogens with one attached hydrogen (secondary N) is 2. The molecule has 5 rings (SSSR count). The van der Waals surface area contributed by atoms with Crippen LogP contribution in [0.1, 0.15) is 51.4 Å². The molecular formula is C20H29N3O. The van der Waals surface area contributed by atoms with Crippen molar-refractivity contribution in [3.63, 3.8) is 0 Å². The van der Waals surface area contributed by atoms with Gasteiger partial charge in [0, 0.05) is 12.0 Å². The Hall–Kier alpha value is -1.55. The quantitative estimate of drug-likeness (QED) is 0.745. The van der Waals surface area contributed by atoms with Crippen LogP contribution >= 0.6 is 0 Å². The summed E-state index contributed by atoms with van der Waals surface area (Å²) in [6.45, 7) is 0.556. The molecule has 0 aliphatic heterocycles. The van der Waals surface area contributed by atoms with Crippen molar-refractivity contribution in [1.82, 2.24) is 0 Å². The number of hydrogen-bond acceptors (Lipinski definition) is 3. The number of hydrogen-bond donors (Lipinski definition) is 3. The van der Waals surface area contributed by atoms with E-state index in [1.54, 1.807) is 0 Å². The van der Waals surface area contributed by atoms with Crippen LogP contribution in [0.3, 0.4) is 0 Å². The zero-order chi connectivity index (χ0) is 16.6. The third-order valence-corrected chi connectivity index (χ3v) is 6.25. The van der Waals surface area contributed by atoms with Crippen molar-refractivity contribution >= 4 is 17.3 Å². The van der Waals surface area contributed by atoms with E-state index < -0.39 is 0 Å². The van der Waals surface area contributed by atoms with Gasteiger partial charge in [0.1, 0.15) is 0 Å². The van der Waals surface area contributed by atoms with Crippen LogP contribution < -0.4 is 16.4 Å². The number of rotatable bonds is 6. The maximum Gasteiger partial charge on any atom is 0.224 e. The number of para-hydroxylation sites is 2. The molecule has 4 fully saturated rings. The Kier molecular flexibility index (Phi) is 4.25. The lowest BCUT2D eigenvalue weighted by Gasteiger charge is -2.57. The zero-order valence-corrected chi connectivity index (χ0v) is 14.4. The molecule has 0 atom stereocenters. The number of carbonyl (C=O) groups is 1. The molecule has 0 heterocycles. The average molecular weight is 327 g/mol. The lowest BCUT2D eigenvalue weighted by atomic mass is 9.53. The Labute approximate surface area is 144 Å². The summed E-state index contributed by atoms with van der Waals surface area (Å²) in [6, 6.07) is 8.15. The van der Waals surface area contributed by atoms with E-state index in [9.17, 15) is 4.79 Å². The fraction of sp³-hybridized carbons (Fsp3) is 0.650. The van der Waals surface area contributed by atoms with E-state index in [2.05, 4.69) is 22.8 Å². The second-order valence-electron chi connectivity index (χ2n) is 8.31. The largest absolute Gasteiger partial charge is 0.378 e. The zero-order valence-electron chi connectivity index (χ0n) is 14.4. The van der Waals surface area contributed by atoms with Gasteiger partial charge in [0.2, 0.25) is 5.91 Å². The maximum absolute atomic E-state index is 12.1. The Morgan fingerprint density at radius 1 is 1.04 bits per heavy atom. The summed E-state index contributed by atoms with van der Waals surface area (Å²) in [6.07, 6.45) is 9.45. The Morgan fingerprint density at radius 2 is 1.62 bits per heavy atom. The molecule has 0 radical (unpaired) electrons. The topological polar surface area (TPSA) is 67.2 Å². The summed E-state index contributed by atoms with van der Waals surface area (Å²) < 4.78 is 0. The fourth-order valence-corrected chi connectivity index (χ4v) is 5.73. The van der Waals surface area contributed by atoms with Gasteiger partial charge in [0.15, 0.2) is 0 Å². The number of amides is 1. The smallest absolute Gasteiger partial charge is 0.224 e. The van der Waals surface area contributed by atoms with Crippen LogP contribution in [-0.4, -0.2) is 18.0 Å². The van der Waals surface area contributed by atoms with Crippen molar-refractivity contribution in [3.05, 3.63) is 24.3 Å². The van der Waals surface area contributed by atoms with Crippen LogP contribution in [0, 0.1) is 17.8 Å². The second kappa shape index (κ2) is 6.40. The summed E-state index contributed by atoms with van der Waals surface area (Å²) in [5, 5.41) is 6.95. The second-order valence-corrected chi connectivity index (χ2v) is 8.31. The number of nitrogens with two attached hydrogens (primary N) is 1. The molecule has 4 nitrogen and oxygen atoms in total. The molecule has 24 heavy (non-hydrogen) atoms. The monoisotopic (exact) mass is 327 g/mol. The van der Waals surface area contributed by atoms with E-state index >= 15 is 0 Å². The van der Waals surface area contributed by atoms with Crippen molar-refractivity contribution in [2.75, 3.05) is 17.2 Å². The fourth-order valence-electron chi connectivity index (χ4n) is 5.73. The minimum Gasteiger partial charge on any atom is -0.378 e. The molecule has 130 valence electrons. The van der Waals surface area contributed by atoms with Crippen molar-refractivity contribution in [2.24, 2.45) is 23.5 Å². The molecule has 4 bridgehead atoms.